The zero-order valence-corrected chi connectivity index (χ0v) is 8.37. The molecule has 3 nitrogen and oxygen atoms in total. The van der Waals surface area contributed by atoms with E-state index in [2.05, 4.69) is 10.4 Å². The van der Waals surface area contributed by atoms with Crippen LogP contribution in [0.4, 0.5) is 8.78 Å². The van der Waals surface area contributed by atoms with Gasteiger partial charge in [-0.25, -0.2) is 8.78 Å². The highest BCUT2D eigenvalue weighted by Crippen LogP contribution is 2.19. The lowest BCUT2D eigenvalue weighted by Crippen LogP contribution is -2.26. The van der Waals surface area contributed by atoms with Crippen molar-refractivity contribution < 1.29 is 8.78 Å². The fraction of sp³-hybridized carbons (Fsp3) is 0.667. The molecule has 1 N–H and O–H groups in total. The maximum atomic E-state index is 12.6. The average Bonchev–Trinajstić information content (AvgIpc) is 2.61. The van der Waals surface area contributed by atoms with Gasteiger partial charge in [0.2, 0.25) is 0 Å². The van der Waals surface area contributed by atoms with E-state index in [1.165, 1.54) is 6.20 Å². The average molecular weight is 203 g/mol. The van der Waals surface area contributed by atoms with Crippen molar-refractivity contribution in [3.8, 4) is 0 Å². The van der Waals surface area contributed by atoms with Crippen LogP contribution in [-0.2, 0) is 6.54 Å². The van der Waals surface area contributed by atoms with E-state index in [0.29, 0.717) is 18.7 Å². The van der Waals surface area contributed by atoms with Gasteiger partial charge < -0.3 is 5.32 Å². The first kappa shape index (κ1) is 11.1. The summed E-state index contributed by atoms with van der Waals surface area (Å²) in [5.74, 6) is 0. The molecular weight excluding hydrogens is 188 g/mol. The molecule has 0 saturated heterocycles. The van der Waals surface area contributed by atoms with Crippen molar-refractivity contribution in [2.75, 3.05) is 6.54 Å². The number of nitrogens with zero attached hydrogens (tertiary/aromatic N) is 2. The highest BCUT2D eigenvalue weighted by Gasteiger charge is 2.22. The van der Waals surface area contributed by atoms with Crippen LogP contribution in [0.15, 0.2) is 12.4 Å². The van der Waals surface area contributed by atoms with Crippen molar-refractivity contribution in [2.45, 2.75) is 32.9 Å². The van der Waals surface area contributed by atoms with E-state index in [4.69, 9.17) is 0 Å². The minimum atomic E-state index is -2.40. The smallest absolute Gasteiger partial charge is 0.257 e. The molecule has 0 spiro atoms. The Balaban J connectivity index is 2.76. The molecule has 0 aromatic carbocycles. The number of rotatable bonds is 5. The number of hydrogen-bond acceptors (Lipinski definition) is 2. The van der Waals surface area contributed by atoms with Crippen LogP contribution >= 0.6 is 0 Å². The van der Waals surface area contributed by atoms with Crippen LogP contribution in [0.2, 0.25) is 0 Å². The summed E-state index contributed by atoms with van der Waals surface area (Å²) in [5.41, 5.74) is 0.545. The summed E-state index contributed by atoms with van der Waals surface area (Å²) in [7, 11) is 0. The van der Waals surface area contributed by atoms with Gasteiger partial charge in [-0.05, 0) is 13.5 Å². The fourth-order valence-corrected chi connectivity index (χ4v) is 1.29. The summed E-state index contributed by atoms with van der Waals surface area (Å²) in [6.07, 6.45) is 0.743. The highest BCUT2D eigenvalue weighted by molar-refractivity contribution is 5.11. The molecule has 14 heavy (non-hydrogen) atoms. The Morgan fingerprint density at radius 3 is 2.64 bits per heavy atom. The zero-order chi connectivity index (χ0) is 10.6. The lowest BCUT2D eigenvalue weighted by molar-refractivity contribution is 0.0992. The van der Waals surface area contributed by atoms with Gasteiger partial charge in [0, 0.05) is 18.3 Å². The van der Waals surface area contributed by atoms with Gasteiger partial charge in [-0.1, -0.05) is 6.92 Å². The Labute approximate surface area is 82.1 Å². The molecule has 0 aliphatic heterocycles. The van der Waals surface area contributed by atoms with Gasteiger partial charge >= 0.3 is 0 Å². The number of nitrogens with one attached hydrogen (secondary N) is 1. The van der Waals surface area contributed by atoms with Crippen molar-refractivity contribution >= 4 is 0 Å². The number of hydrogen-bond donors (Lipinski definition) is 1. The molecule has 0 fully saturated rings. The molecule has 0 amide bonds. The number of halogens is 2. The highest BCUT2D eigenvalue weighted by atomic mass is 19.3. The van der Waals surface area contributed by atoms with Crippen LogP contribution in [0.3, 0.4) is 0 Å². The van der Waals surface area contributed by atoms with E-state index in [1.54, 1.807) is 17.8 Å². The number of aromatic nitrogens is 2. The van der Waals surface area contributed by atoms with Gasteiger partial charge in [-0.2, -0.15) is 5.10 Å². The second-order valence-corrected chi connectivity index (χ2v) is 3.00. The summed E-state index contributed by atoms with van der Waals surface area (Å²) in [4.78, 5) is 0. The number of alkyl halides is 2. The van der Waals surface area contributed by atoms with Crippen molar-refractivity contribution in [2.24, 2.45) is 0 Å². The second kappa shape index (κ2) is 5.05. The van der Waals surface area contributed by atoms with E-state index < -0.39 is 12.5 Å². The fourth-order valence-electron chi connectivity index (χ4n) is 1.29. The Bertz CT molecular complexity index is 273. The summed E-state index contributed by atoms with van der Waals surface area (Å²) in [6.45, 7) is 4.94. The summed E-state index contributed by atoms with van der Waals surface area (Å²) in [5, 5.41) is 6.70. The Morgan fingerprint density at radius 1 is 1.50 bits per heavy atom. The van der Waals surface area contributed by atoms with Crippen molar-refractivity contribution in [3.63, 3.8) is 0 Å². The first-order valence-corrected chi connectivity index (χ1v) is 4.72. The van der Waals surface area contributed by atoms with Gasteiger partial charge in [-0.3, -0.25) is 4.68 Å². The number of aryl methyl sites for hydroxylation is 1. The molecule has 0 radical (unpaired) electrons. The summed E-state index contributed by atoms with van der Waals surface area (Å²) in [6, 6.07) is -0.903. The van der Waals surface area contributed by atoms with Crippen LogP contribution in [0.5, 0.6) is 0 Å². The first-order valence-electron chi connectivity index (χ1n) is 4.72. The van der Waals surface area contributed by atoms with Crippen LogP contribution in [0.25, 0.3) is 0 Å². The van der Waals surface area contributed by atoms with E-state index >= 15 is 0 Å². The van der Waals surface area contributed by atoms with E-state index in [0.717, 1.165) is 0 Å². The van der Waals surface area contributed by atoms with Crippen molar-refractivity contribution in [1.82, 2.24) is 15.1 Å². The monoisotopic (exact) mass is 203 g/mol. The molecule has 0 saturated carbocycles. The summed E-state index contributed by atoms with van der Waals surface area (Å²) >= 11 is 0. The molecule has 1 heterocycles. The third kappa shape index (κ3) is 2.51. The van der Waals surface area contributed by atoms with E-state index in [1.807, 2.05) is 6.92 Å². The zero-order valence-electron chi connectivity index (χ0n) is 8.37. The molecule has 1 aromatic rings. The topological polar surface area (TPSA) is 29.9 Å². The molecule has 0 aliphatic rings. The molecular formula is C9H15F2N3. The quantitative estimate of drug-likeness (QED) is 0.791. The van der Waals surface area contributed by atoms with Crippen molar-refractivity contribution in [3.05, 3.63) is 18.0 Å². The maximum absolute atomic E-state index is 12.6. The standard InChI is InChI=1S/C9H15F2N3/c1-3-12-8(9(10)11)7-5-13-14(4-2)6-7/h5-6,8-9,12H,3-4H2,1-2H3. The molecule has 5 heteroatoms. The van der Waals surface area contributed by atoms with E-state index in [9.17, 15) is 8.78 Å². The first-order chi connectivity index (χ1) is 6.69. The molecule has 1 aromatic heterocycles. The lowest BCUT2D eigenvalue weighted by atomic mass is 10.2. The Morgan fingerprint density at radius 2 is 2.21 bits per heavy atom. The predicted octanol–water partition coefficient (Wildman–Crippen LogP) is 1.82. The molecule has 0 aliphatic carbocycles. The Hall–Kier alpha value is -0.970. The molecule has 1 unspecified atom stereocenters. The molecule has 0 bridgehead atoms. The lowest BCUT2D eigenvalue weighted by Gasteiger charge is -2.14. The predicted molar refractivity (Wildman–Crippen MR) is 50.3 cm³/mol. The Kier molecular flexibility index (Phi) is 4.00. The molecule has 80 valence electrons. The van der Waals surface area contributed by atoms with Crippen LogP contribution in [0.1, 0.15) is 25.5 Å². The molecule has 1 atom stereocenters. The van der Waals surface area contributed by atoms with Gasteiger partial charge in [0.1, 0.15) is 0 Å². The summed E-state index contributed by atoms with van der Waals surface area (Å²) < 4.78 is 26.8. The second-order valence-electron chi connectivity index (χ2n) is 3.00. The largest absolute Gasteiger partial charge is 0.305 e. The minimum Gasteiger partial charge on any atom is -0.305 e. The van der Waals surface area contributed by atoms with Crippen LogP contribution in [0, 0.1) is 0 Å². The van der Waals surface area contributed by atoms with Gasteiger partial charge in [0.05, 0.1) is 12.2 Å². The van der Waals surface area contributed by atoms with E-state index in [-0.39, 0.29) is 0 Å². The van der Waals surface area contributed by atoms with Gasteiger partial charge in [0.25, 0.3) is 6.43 Å². The van der Waals surface area contributed by atoms with Gasteiger partial charge in [0.15, 0.2) is 0 Å². The normalized spacial score (nSPS) is 13.5. The van der Waals surface area contributed by atoms with Gasteiger partial charge in [-0.15, -0.1) is 0 Å². The maximum Gasteiger partial charge on any atom is 0.257 e. The third-order valence-corrected chi connectivity index (χ3v) is 2.01. The van der Waals surface area contributed by atoms with Crippen LogP contribution in [-0.4, -0.2) is 22.8 Å². The molecule has 1 rings (SSSR count). The minimum absolute atomic E-state index is 0.520. The SMILES string of the molecule is CCNC(c1cnn(CC)c1)C(F)F. The third-order valence-electron chi connectivity index (χ3n) is 2.01. The van der Waals surface area contributed by atoms with Crippen molar-refractivity contribution in [1.29, 1.82) is 0 Å². The van der Waals surface area contributed by atoms with Crippen LogP contribution < -0.4 is 5.32 Å².